The molecule has 3 aromatic rings. The van der Waals surface area contributed by atoms with Gasteiger partial charge in [0.15, 0.2) is 0 Å². The maximum absolute atomic E-state index is 13.2. The maximum atomic E-state index is 13.2. The molecule has 0 aliphatic carbocycles. The summed E-state index contributed by atoms with van der Waals surface area (Å²) in [6, 6.07) is 17.4. The highest BCUT2D eigenvalue weighted by molar-refractivity contribution is 5.94. The minimum absolute atomic E-state index is 0.00670. The second-order valence-electron chi connectivity index (χ2n) is 6.78. The third-order valence-electron chi connectivity index (χ3n) is 4.52. The molecule has 144 valence electrons. The van der Waals surface area contributed by atoms with Gasteiger partial charge >= 0.3 is 0 Å². The van der Waals surface area contributed by atoms with Crippen molar-refractivity contribution in [1.29, 1.82) is 0 Å². The van der Waals surface area contributed by atoms with Crippen LogP contribution in [0.4, 0.5) is 0 Å². The quantitative estimate of drug-likeness (QED) is 0.627. The van der Waals surface area contributed by atoms with Crippen LogP contribution < -0.4 is 4.74 Å². The molecule has 0 N–H and O–H groups in total. The lowest BCUT2D eigenvalue weighted by atomic mass is 10.1. The first-order valence-corrected chi connectivity index (χ1v) is 9.32. The van der Waals surface area contributed by atoms with Crippen LogP contribution in [0.2, 0.25) is 0 Å². The number of hydrogen-bond donors (Lipinski definition) is 0. The van der Waals surface area contributed by atoms with E-state index in [2.05, 4.69) is 9.97 Å². The van der Waals surface area contributed by atoms with Gasteiger partial charge < -0.3 is 9.64 Å². The molecule has 0 aliphatic rings. The molecule has 0 fully saturated rings. The van der Waals surface area contributed by atoms with E-state index in [9.17, 15) is 4.79 Å². The summed E-state index contributed by atoms with van der Waals surface area (Å²) in [6.45, 7) is 4.88. The Morgan fingerprint density at radius 2 is 1.75 bits per heavy atom. The van der Waals surface area contributed by atoms with Gasteiger partial charge in [0.05, 0.1) is 19.3 Å². The summed E-state index contributed by atoms with van der Waals surface area (Å²) < 4.78 is 5.21. The lowest BCUT2D eigenvalue weighted by Crippen LogP contribution is -2.33. The van der Waals surface area contributed by atoms with E-state index in [1.165, 1.54) is 0 Å². The Kier molecular flexibility index (Phi) is 6.37. The lowest BCUT2D eigenvalue weighted by molar-refractivity contribution is 0.0742. The molecule has 2 heterocycles. The second-order valence-corrected chi connectivity index (χ2v) is 6.78. The topological polar surface area (TPSA) is 55.3 Å². The molecule has 0 saturated carbocycles. The van der Waals surface area contributed by atoms with Gasteiger partial charge in [0.25, 0.3) is 5.91 Å². The SMILES string of the molecule is COc1ccc(CCN(Cc2ccccn2)C(=O)c2cc(C)nc(C)c2)cc1. The number of pyridine rings is 2. The van der Waals surface area contributed by atoms with Crippen LogP contribution in [-0.4, -0.2) is 34.4 Å². The number of methoxy groups -OCH3 is 1. The van der Waals surface area contributed by atoms with Crippen LogP contribution in [0.5, 0.6) is 5.75 Å². The van der Waals surface area contributed by atoms with E-state index < -0.39 is 0 Å². The van der Waals surface area contributed by atoms with E-state index in [0.717, 1.165) is 34.8 Å². The van der Waals surface area contributed by atoms with Gasteiger partial charge in [0.1, 0.15) is 5.75 Å². The van der Waals surface area contributed by atoms with Crippen LogP contribution >= 0.6 is 0 Å². The lowest BCUT2D eigenvalue weighted by Gasteiger charge is -2.23. The van der Waals surface area contributed by atoms with Crippen LogP contribution in [0.15, 0.2) is 60.8 Å². The number of carbonyl (C=O) groups excluding carboxylic acids is 1. The fourth-order valence-electron chi connectivity index (χ4n) is 3.14. The highest BCUT2D eigenvalue weighted by Gasteiger charge is 2.18. The van der Waals surface area contributed by atoms with Gasteiger partial charge in [-0.05, 0) is 62.2 Å². The Morgan fingerprint density at radius 3 is 2.36 bits per heavy atom. The third kappa shape index (κ3) is 5.16. The number of amides is 1. The number of ether oxygens (including phenoxy) is 1. The van der Waals surface area contributed by atoms with E-state index in [1.54, 1.807) is 13.3 Å². The van der Waals surface area contributed by atoms with Crippen molar-refractivity contribution in [3.8, 4) is 5.75 Å². The van der Waals surface area contributed by atoms with Crippen molar-refractivity contribution in [2.75, 3.05) is 13.7 Å². The highest BCUT2D eigenvalue weighted by atomic mass is 16.5. The predicted molar refractivity (Wildman–Crippen MR) is 109 cm³/mol. The van der Waals surface area contributed by atoms with Gasteiger partial charge in [-0.25, -0.2) is 0 Å². The summed E-state index contributed by atoms with van der Waals surface area (Å²) in [6.07, 6.45) is 2.51. The summed E-state index contributed by atoms with van der Waals surface area (Å²) in [7, 11) is 1.65. The smallest absolute Gasteiger partial charge is 0.254 e. The fraction of sp³-hybridized carbons (Fsp3) is 0.261. The van der Waals surface area contributed by atoms with Gasteiger partial charge in [-0.3, -0.25) is 14.8 Å². The van der Waals surface area contributed by atoms with E-state index in [1.807, 2.05) is 73.3 Å². The predicted octanol–water partition coefficient (Wildman–Crippen LogP) is 3.99. The van der Waals surface area contributed by atoms with Crippen molar-refractivity contribution in [1.82, 2.24) is 14.9 Å². The Bertz CT molecular complexity index is 904. The average molecular weight is 375 g/mol. The molecule has 5 nitrogen and oxygen atoms in total. The Balaban J connectivity index is 1.80. The Hall–Kier alpha value is -3.21. The highest BCUT2D eigenvalue weighted by Crippen LogP contribution is 2.15. The van der Waals surface area contributed by atoms with Crippen LogP contribution in [0.25, 0.3) is 0 Å². The monoisotopic (exact) mass is 375 g/mol. The molecule has 1 amide bonds. The first kappa shape index (κ1) is 19.5. The van der Waals surface area contributed by atoms with Crippen LogP contribution in [0.3, 0.4) is 0 Å². The van der Waals surface area contributed by atoms with Crippen molar-refractivity contribution >= 4 is 5.91 Å². The van der Waals surface area contributed by atoms with E-state index in [4.69, 9.17) is 4.74 Å². The zero-order chi connectivity index (χ0) is 19.9. The minimum Gasteiger partial charge on any atom is -0.497 e. The zero-order valence-electron chi connectivity index (χ0n) is 16.6. The number of carbonyl (C=O) groups is 1. The molecule has 3 rings (SSSR count). The number of hydrogen-bond acceptors (Lipinski definition) is 4. The Morgan fingerprint density at radius 1 is 1.04 bits per heavy atom. The molecular weight excluding hydrogens is 350 g/mol. The van der Waals surface area contributed by atoms with Gasteiger partial charge in [0, 0.05) is 29.7 Å². The standard InChI is InChI=1S/C23H25N3O2/c1-17-14-20(15-18(2)25-17)23(27)26(16-21-6-4-5-12-24-21)13-11-19-7-9-22(28-3)10-8-19/h4-10,12,14-15H,11,13,16H2,1-3H3. The third-order valence-corrected chi connectivity index (χ3v) is 4.52. The molecule has 0 bridgehead atoms. The van der Waals surface area contributed by atoms with Crippen molar-refractivity contribution in [3.63, 3.8) is 0 Å². The molecule has 0 spiro atoms. The van der Waals surface area contributed by atoms with Gasteiger partial charge in [-0.2, -0.15) is 0 Å². The second kappa shape index (κ2) is 9.13. The molecule has 0 aliphatic heterocycles. The number of aromatic nitrogens is 2. The molecule has 0 unspecified atom stereocenters. The van der Waals surface area contributed by atoms with Crippen LogP contribution in [0, 0.1) is 13.8 Å². The summed E-state index contributed by atoms with van der Waals surface area (Å²) in [5, 5.41) is 0. The maximum Gasteiger partial charge on any atom is 0.254 e. The van der Waals surface area contributed by atoms with Crippen molar-refractivity contribution in [2.24, 2.45) is 0 Å². The van der Waals surface area contributed by atoms with Gasteiger partial charge in [0.2, 0.25) is 0 Å². The summed E-state index contributed by atoms with van der Waals surface area (Å²) >= 11 is 0. The molecular formula is C23H25N3O2. The number of rotatable bonds is 7. The van der Waals surface area contributed by atoms with Gasteiger partial charge in [-0.1, -0.05) is 18.2 Å². The Labute approximate surface area is 166 Å². The van der Waals surface area contributed by atoms with Gasteiger partial charge in [-0.15, -0.1) is 0 Å². The molecule has 0 radical (unpaired) electrons. The molecule has 0 saturated heterocycles. The van der Waals surface area contributed by atoms with E-state index in [-0.39, 0.29) is 5.91 Å². The first-order chi connectivity index (χ1) is 13.5. The minimum atomic E-state index is -0.00670. The molecule has 5 heteroatoms. The largest absolute Gasteiger partial charge is 0.497 e. The number of benzene rings is 1. The summed E-state index contributed by atoms with van der Waals surface area (Å²) in [5.41, 5.74) is 4.37. The normalized spacial score (nSPS) is 10.5. The molecule has 1 aromatic carbocycles. The van der Waals surface area contributed by atoms with Crippen molar-refractivity contribution in [2.45, 2.75) is 26.8 Å². The van der Waals surface area contributed by atoms with E-state index in [0.29, 0.717) is 18.7 Å². The number of aryl methyl sites for hydroxylation is 2. The van der Waals surface area contributed by atoms with Crippen LogP contribution in [-0.2, 0) is 13.0 Å². The van der Waals surface area contributed by atoms with E-state index >= 15 is 0 Å². The van der Waals surface area contributed by atoms with Crippen LogP contribution in [0.1, 0.15) is 33.0 Å². The van der Waals surface area contributed by atoms with Crippen molar-refractivity contribution in [3.05, 3.63) is 89.0 Å². The fourth-order valence-corrected chi connectivity index (χ4v) is 3.14. The zero-order valence-corrected chi connectivity index (χ0v) is 16.6. The molecule has 0 atom stereocenters. The average Bonchev–Trinajstić information content (AvgIpc) is 2.71. The number of nitrogens with zero attached hydrogens (tertiary/aromatic N) is 3. The first-order valence-electron chi connectivity index (χ1n) is 9.32. The summed E-state index contributed by atoms with van der Waals surface area (Å²) in [5.74, 6) is 0.820. The van der Waals surface area contributed by atoms with Crippen molar-refractivity contribution < 1.29 is 9.53 Å². The molecule has 28 heavy (non-hydrogen) atoms. The summed E-state index contributed by atoms with van der Waals surface area (Å²) in [4.78, 5) is 23.8. The molecule has 2 aromatic heterocycles.